The van der Waals surface area contributed by atoms with Crippen molar-refractivity contribution in [1.82, 2.24) is 9.88 Å². The van der Waals surface area contributed by atoms with E-state index in [1.54, 1.807) is 7.11 Å². The number of aromatic nitrogens is 1. The van der Waals surface area contributed by atoms with Crippen molar-refractivity contribution in [2.24, 2.45) is 0 Å². The molecular weight excluding hydrogens is 324 g/mol. The van der Waals surface area contributed by atoms with Gasteiger partial charge in [0.2, 0.25) is 0 Å². The van der Waals surface area contributed by atoms with Crippen LogP contribution in [0.25, 0.3) is 10.9 Å². The van der Waals surface area contributed by atoms with Gasteiger partial charge in [0.1, 0.15) is 11.4 Å². The molecule has 2 aromatic carbocycles. The molecule has 1 aromatic heterocycles. The quantitative estimate of drug-likeness (QED) is 0.711. The van der Waals surface area contributed by atoms with Gasteiger partial charge in [-0.3, -0.25) is 4.79 Å². The highest BCUT2D eigenvalue weighted by atomic mass is 16.5. The van der Waals surface area contributed by atoms with Gasteiger partial charge in [0, 0.05) is 18.5 Å². The van der Waals surface area contributed by atoms with Crippen molar-refractivity contribution in [2.75, 3.05) is 20.2 Å². The summed E-state index contributed by atoms with van der Waals surface area (Å²) in [7, 11) is 1.64. The van der Waals surface area contributed by atoms with Crippen molar-refractivity contribution < 1.29 is 9.53 Å². The van der Waals surface area contributed by atoms with E-state index in [9.17, 15) is 4.79 Å². The summed E-state index contributed by atoms with van der Waals surface area (Å²) in [5.41, 5.74) is 2.70. The Kier molecular flexibility index (Phi) is 4.57. The number of fused-ring (bicyclic) bond motifs is 1. The molecule has 0 radical (unpaired) electrons. The van der Waals surface area contributed by atoms with Gasteiger partial charge in [-0.25, -0.2) is 4.98 Å². The van der Waals surface area contributed by atoms with Crippen LogP contribution in [-0.2, 0) is 0 Å². The lowest BCUT2D eigenvalue weighted by Crippen LogP contribution is -2.38. The maximum Gasteiger partial charge on any atom is 0.272 e. The fourth-order valence-electron chi connectivity index (χ4n) is 3.65. The Balaban J connectivity index is 1.47. The number of hydrogen-bond donors (Lipinski definition) is 0. The smallest absolute Gasteiger partial charge is 0.272 e. The Bertz CT molecular complexity index is 916. The molecule has 0 aliphatic carbocycles. The highest BCUT2D eigenvalue weighted by molar-refractivity contribution is 5.95. The van der Waals surface area contributed by atoms with E-state index in [1.807, 2.05) is 41.3 Å². The van der Waals surface area contributed by atoms with Crippen LogP contribution >= 0.6 is 0 Å². The minimum absolute atomic E-state index is 0.0224. The Morgan fingerprint density at radius 2 is 1.81 bits per heavy atom. The molecule has 4 heteroatoms. The largest absolute Gasteiger partial charge is 0.497 e. The molecule has 132 valence electrons. The molecule has 26 heavy (non-hydrogen) atoms. The third kappa shape index (κ3) is 3.27. The van der Waals surface area contributed by atoms with E-state index in [-0.39, 0.29) is 5.91 Å². The Labute approximate surface area is 153 Å². The van der Waals surface area contributed by atoms with Crippen molar-refractivity contribution in [3.63, 3.8) is 0 Å². The van der Waals surface area contributed by atoms with Crippen LogP contribution in [0, 0.1) is 0 Å². The first-order valence-electron chi connectivity index (χ1n) is 9.03. The number of carbonyl (C=O) groups is 1. The topological polar surface area (TPSA) is 42.4 Å². The zero-order valence-electron chi connectivity index (χ0n) is 14.9. The van der Waals surface area contributed by atoms with E-state index in [1.165, 1.54) is 5.56 Å². The van der Waals surface area contributed by atoms with Gasteiger partial charge in [0.25, 0.3) is 5.91 Å². The summed E-state index contributed by atoms with van der Waals surface area (Å²) in [6.45, 7) is 1.56. The van der Waals surface area contributed by atoms with Gasteiger partial charge in [-0.05, 0) is 48.6 Å². The van der Waals surface area contributed by atoms with Gasteiger partial charge < -0.3 is 9.64 Å². The monoisotopic (exact) mass is 346 g/mol. The number of piperidine rings is 1. The van der Waals surface area contributed by atoms with Crippen LogP contribution in [0.4, 0.5) is 0 Å². The minimum Gasteiger partial charge on any atom is -0.497 e. The molecule has 1 amide bonds. The molecular formula is C22H22N2O2. The second-order valence-corrected chi connectivity index (χ2v) is 6.73. The third-order valence-electron chi connectivity index (χ3n) is 5.17. The molecule has 1 aliphatic heterocycles. The first-order valence-corrected chi connectivity index (χ1v) is 9.03. The van der Waals surface area contributed by atoms with E-state index < -0.39 is 0 Å². The molecule has 0 spiro atoms. The standard InChI is InChI=1S/C22H22N2O2/c1-26-19-8-10-20-18(15-19)7-9-21(23-20)22(25)24-13-11-17(12-14-24)16-5-3-2-4-6-16/h2-10,15,17H,11-14H2,1H3. The van der Waals surface area contributed by atoms with Crippen LogP contribution < -0.4 is 4.74 Å². The summed E-state index contributed by atoms with van der Waals surface area (Å²) in [5, 5.41) is 0.976. The number of amides is 1. The Hall–Kier alpha value is -2.88. The number of pyridine rings is 1. The van der Waals surface area contributed by atoms with Crippen molar-refractivity contribution >= 4 is 16.8 Å². The molecule has 0 unspecified atom stereocenters. The molecule has 0 N–H and O–H groups in total. The molecule has 4 nitrogen and oxygen atoms in total. The van der Waals surface area contributed by atoms with Crippen LogP contribution in [-0.4, -0.2) is 36.0 Å². The van der Waals surface area contributed by atoms with Crippen LogP contribution in [0.3, 0.4) is 0 Å². The zero-order chi connectivity index (χ0) is 17.9. The number of methoxy groups -OCH3 is 1. The first kappa shape index (κ1) is 16.6. The van der Waals surface area contributed by atoms with Crippen LogP contribution in [0.5, 0.6) is 5.75 Å². The number of likely N-dealkylation sites (tertiary alicyclic amines) is 1. The Morgan fingerprint density at radius 3 is 2.54 bits per heavy atom. The van der Waals surface area contributed by atoms with E-state index in [2.05, 4.69) is 29.2 Å². The van der Waals surface area contributed by atoms with Crippen molar-refractivity contribution in [2.45, 2.75) is 18.8 Å². The van der Waals surface area contributed by atoms with Gasteiger partial charge in [-0.15, -0.1) is 0 Å². The molecule has 4 rings (SSSR count). The lowest BCUT2D eigenvalue weighted by molar-refractivity contribution is 0.0707. The van der Waals surface area contributed by atoms with E-state index in [0.29, 0.717) is 11.6 Å². The van der Waals surface area contributed by atoms with E-state index in [4.69, 9.17) is 4.74 Å². The zero-order valence-corrected chi connectivity index (χ0v) is 14.9. The SMILES string of the molecule is COc1ccc2nc(C(=O)N3CCC(c4ccccc4)CC3)ccc2c1. The van der Waals surface area contributed by atoms with Gasteiger partial charge >= 0.3 is 0 Å². The molecule has 2 heterocycles. The lowest BCUT2D eigenvalue weighted by Gasteiger charge is -2.32. The summed E-state index contributed by atoms with van der Waals surface area (Å²) in [6.07, 6.45) is 2.00. The normalized spacial score (nSPS) is 15.2. The van der Waals surface area contributed by atoms with Crippen molar-refractivity contribution in [3.05, 3.63) is 71.9 Å². The Morgan fingerprint density at radius 1 is 1.04 bits per heavy atom. The predicted octanol–water partition coefficient (Wildman–Crippen LogP) is 4.26. The summed E-state index contributed by atoms with van der Waals surface area (Å²) in [5.74, 6) is 1.35. The van der Waals surface area contributed by atoms with Crippen LogP contribution in [0.1, 0.15) is 34.8 Å². The molecule has 1 fully saturated rings. The van der Waals surface area contributed by atoms with E-state index in [0.717, 1.165) is 42.6 Å². The second-order valence-electron chi connectivity index (χ2n) is 6.73. The average molecular weight is 346 g/mol. The number of carbonyl (C=O) groups excluding carboxylic acids is 1. The maximum absolute atomic E-state index is 12.8. The van der Waals surface area contributed by atoms with Crippen molar-refractivity contribution in [1.29, 1.82) is 0 Å². The molecule has 0 saturated carbocycles. The summed E-state index contributed by atoms with van der Waals surface area (Å²) >= 11 is 0. The molecule has 0 atom stereocenters. The number of rotatable bonds is 3. The van der Waals surface area contributed by atoms with Gasteiger partial charge in [0.05, 0.1) is 12.6 Å². The predicted molar refractivity (Wildman–Crippen MR) is 103 cm³/mol. The number of benzene rings is 2. The molecule has 3 aromatic rings. The third-order valence-corrected chi connectivity index (χ3v) is 5.17. The summed E-state index contributed by atoms with van der Waals surface area (Å²) < 4.78 is 5.24. The lowest BCUT2D eigenvalue weighted by atomic mass is 9.89. The fraction of sp³-hybridized carbons (Fsp3) is 0.273. The number of nitrogens with zero attached hydrogens (tertiary/aromatic N) is 2. The van der Waals surface area contributed by atoms with Gasteiger partial charge in [-0.1, -0.05) is 36.4 Å². The average Bonchev–Trinajstić information content (AvgIpc) is 2.73. The number of hydrogen-bond acceptors (Lipinski definition) is 3. The minimum atomic E-state index is 0.0224. The molecule has 0 bridgehead atoms. The van der Waals surface area contributed by atoms with Crippen LogP contribution in [0.2, 0.25) is 0 Å². The maximum atomic E-state index is 12.8. The molecule has 1 saturated heterocycles. The van der Waals surface area contributed by atoms with Crippen LogP contribution in [0.15, 0.2) is 60.7 Å². The second kappa shape index (κ2) is 7.16. The number of ether oxygens (including phenoxy) is 1. The van der Waals surface area contributed by atoms with Gasteiger partial charge in [0.15, 0.2) is 0 Å². The van der Waals surface area contributed by atoms with Gasteiger partial charge in [-0.2, -0.15) is 0 Å². The fourth-order valence-corrected chi connectivity index (χ4v) is 3.65. The first-order chi connectivity index (χ1) is 12.7. The highest BCUT2D eigenvalue weighted by Crippen LogP contribution is 2.28. The van der Waals surface area contributed by atoms with Crippen molar-refractivity contribution in [3.8, 4) is 5.75 Å². The highest BCUT2D eigenvalue weighted by Gasteiger charge is 2.25. The van der Waals surface area contributed by atoms with E-state index >= 15 is 0 Å². The summed E-state index contributed by atoms with van der Waals surface area (Å²) in [6, 6.07) is 20.0. The molecule has 1 aliphatic rings. The summed E-state index contributed by atoms with van der Waals surface area (Å²) in [4.78, 5) is 19.3.